The first-order valence-corrected chi connectivity index (χ1v) is 6.79. The molecule has 1 aliphatic carbocycles. The van der Waals surface area contributed by atoms with Gasteiger partial charge in [-0.1, -0.05) is 0 Å². The van der Waals surface area contributed by atoms with Gasteiger partial charge in [0.25, 0.3) is 0 Å². The molecule has 0 aliphatic heterocycles. The van der Waals surface area contributed by atoms with Gasteiger partial charge in [-0.2, -0.15) is 0 Å². The molecule has 0 bridgehead atoms. The van der Waals surface area contributed by atoms with Crippen LogP contribution in [0, 0.1) is 5.41 Å². The van der Waals surface area contributed by atoms with Crippen LogP contribution in [0.3, 0.4) is 0 Å². The second-order valence-electron chi connectivity index (χ2n) is 5.10. The number of hydrogen-bond acceptors (Lipinski definition) is 5. The van der Waals surface area contributed by atoms with Crippen molar-refractivity contribution in [2.45, 2.75) is 19.4 Å². The Morgan fingerprint density at radius 1 is 1.14 bits per heavy atom. The van der Waals surface area contributed by atoms with E-state index in [0.29, 0.717) is 30.1 Å². The largest absolute Gasteiger partial charge is 0.493 e. The zero-order valence-corrected chi connectivity index (χ0v) is 12.8. The SMILES string of the molecule is COc1cc(CNC(=O)C2(C(=O)O)CC2)cc(OC)c1OC. The van der Waals surface area contributed by atoms with Crippen LogP contribution in [0.15, 0.2) is 12.1 Å². The average Bonchev–Trinajstić information content (AvgIpc) is 3.33. The first kappa shape index (κ1) is 15.9. The summed E-state index contributed by atoms with van der Waals surface area (Å²) in [6.45, 7) is 0.185. The van der Waals surface area contributed by atoms with E-state index in [1.54, 1.807) is 12.1 Å². The lowest BCUT2D eigenvalue weighted by Gasteiger charge is -2.15. The molecule has 0 unspecified atom stereocenters. The van der Waals surface area contributed by atoms with Gasteiger partial charge in [-0.3, -0.25) is 9.59 Å². The third kappa shape index (κ3) is 2.79. The van der Waals surface area contributed by atoms with Crippen LogP contribution in [-0.2, 0) is 16.1 Å². The summed E-state index contributed by atoms with van der Waals surface area (Å²) >= 11 is 0. The number of nitrogens with one attached hydrogen (secondary N) is 1. The highest BCUT2D eigenvalue weighted by Crippen LogP contribution is 2.46. The Kier molecular flexibility index (Phi) is 4.44. The molecule has 0 radical (unpaired) electrons. The first-order chi connectivity index (χ1) is 10.5. The number of carbonyl (C=O) groups is 2. The zero-order chi connectivity index (χ0) is 16.3. The maximum Gasteiger partial charge on any atom is 0.319 e. The lowest BCUT2D eigenvalue weighted by molar-refractivity contribution is -0.149. The molecule has 120 valence electrons. The van der Waals surface area contributed by atoms with Gasteiger partial charge in [0.15, 0.2) is 11.5 Å². The van der Waals surface area contributed by atoms with Gasteiger partial charge in [0.1, 0.15) is 5.41 Å². The molecule has 7 nitrogen and oxygen atoms in total. The van der Waals surface area contributed by atoms with Crippen LogP contribution in [0.2, 0.25) is 0 Å². The molecule has 0 spiro atoms. The Bertz CT molecular complexity index is 569. The number of hydrogen-bond donors (Lipinski definition) is 2. The second kappa shape index (κ2) is 6.13. The van der Waals surface area contributed by atoms with E-state index in [1.165, 1.54) is 21.3 Å². The number of carboxylic acid groups (broad SMARTS) is 1. The number of carboxylic acids is 1. The van der Waals surface area contributed by atoms with Crippen LogP contribution in [0.4, 0.5) is 0 Å². The van der Waals surface area contributed by atoms with Crippen LogP contribution < -0.4 is 19.5 Å². The summed E-state index contributed by atoms with van der Waals surface area (Å²) in [7, 11) is 4.51. The van der Waals surface area contributed by atoms with Crippen LogP contribution in [0.1, 0.15) is 18.4 Å². The summed E-state index contributed by atoms with van der Waals surface area (Å²) in [6, 6.07) is 3.42. The molecule has 0 heterocycles. The Hall–Kier alpha value is -2.44. The topological polar surface area (TPSA) is 94.1 Å². The first-order valence-electron chi connectivity index (χ1n) is 6.79. The molecule has 1 aromatic carbocycles. The minimum Gasteiger partial charge on any atom is -0.493 e. The van der Waals surface area contributed by atoms with Crippen LogP contribution in [-0.4, -0.2) is 38.3 Å². The third-order valence-electron chi connectivity index (χ3n) is 3.77. The zero-order valence-electron chi connectivity index (χ0n) is 12.8. The fourth-order valence-corrected chi connectivity index (χ4v) is 2.25. The van der Waals surface area contributed by atoms with Crippen molar-refractivity contribution >= 4 is 11.9 Å². The maximum atomic E-state index is 12.0. The van der Waals surface area contributed by atoms with Crippen LogP contribution >= 0.6 is 0 Å². The minimum atomic E-state index is -1.25. The van der Waals surface area contributed by atoms with E-state index < -0.39 is 17.3 Å². The van der Waals surface area contributed by atoms with Gasteiger partial charge in [-0.05, 0) is 30.5 Å². The normalized spacial score (nSPS) is 14.9. The van der Waals surface area contributed by atoms with Crippen molar-refractivity contribution in [2.24, 2.45) is 5.41 Å². The smallest absolute Gasteiger partial charge is 0.319 e. The standard InChI is InChI=1S/C15H19NO6/c1-20-10-6-9(7-11(21-2)12(10)22-3)8-16-13(17)15(4-5-15)14(18)19/h6-7H,4-5,8H2,1-3H3,(H,16,17)(H,18,19). The number of carbonyl (C=O) groups excluding carboxylic acids is 1. The van der Waals surface area contributed by atoms with Gasteiger partial charge in [0, 0.05) is 6.54 Å². The van der Waals surface area contributed by atoms with Crippen molar-refractivity contribution in [3.8, 4) is 17.2 Å². The summed E-state index contributed by atoms with van der Waals surface area (Å²) in [5, 5.41) is 11.7. The molecule has 0 atom stereocenters. The van der Waals surface area contributed by atoms with E-state index in [2.05, 4.69) is 5.32 Å². The van der Waals surface area contributed by atoms with Gasteiger partial charge < -0.3 is 24.6 Å². The highest BCUT2D eigenvalue weighted by molar-refractivity contribution is 6.04. The quantitative estimate of drug-likeness (QED) is 0.735. The van der Waals surface area contributed by atoms with E-state index in [1.807, 2.05) is 0 Å². The Balaban J connectivity index is 2.13. The van der Waals surface area contributed by atoms with E-state index >= 15 is 0 Å². The molecule has 2 rings (SSSR count). The number of rotatable bonds is 7. The van der Waals surface area contributed by atoms with Gasteiger partial charge in [-0.25, -0.2) is 0 Å². The molecule has 1 aromatic rings. The number of methoxy groups -OCH3 is 3. The Morgan fingerprint density at radius 3 is 2.05 bits per heavy atom. The Morgan fingerprint density at radius 2 is 1.68 bits per heavy atom. The summed E-state index contributed by atoms with van der Waals surface area (Å²) in [5.74, 6) is -0.121. The van der Waals surface area contributed by atoms with Crippen molar-refractivity contribution < 1.29 is 28.9 Å². The fraction of sp³-hybridized carbons (Fsp3) is 0.467. The number of amides is 1. The molecule has 1 fully saturated rings. The molecule has 1 amide bonds. The van der Waals surface area contributed by atoms with E-state index in [-0.39, 0.29) is 6.54 Å². The number of ether oxygens (including phenoxy) is 3. The van der Waals surface area contributed by atoms with Crippen molar-refractivity contribution in [2.75, 3.05) is 21.3 Å². The van der Waals surface area contributed by atoms with Crippen LogP contribution in [0.5, 0.6) is 17.2 Å². The number of benzene rings is 1. The molecule has 22 heavy (non-hydrogen) atoms. The molecule has 2 N–H and O–H groups in total. The van der Waals surface area contributed by atoms with Crippen molar-refractivity contribution in [1.29, 1.82) is 0 Å². The van der Waals surface area contributed by atoms with E-state index in [4.69, 9.17) is 19.3 Å². The average molecular weight is 309 g/mol. The minimum absolute atomic E-state index is 0.185. The second-order valence-corrected chi connectivity index (χ2v) is 5.10. The summed E-state index contributed by atoms with van der Waals surface area (Å²) in [4.78, 5) is 23.1. The van der Waals surface area contributed by atoms with Gasteiger partial charge >= 0.3 is 5.97 Å². The van der Waals surface area contributed by atoms with Crippen LogP contribution in [0.25, 0.3) is 0 Å². The Labute approximate surface area is 128 Å². The van der Waals surface area contributed by atoms with E-state index in [9.17, 15) is 9.59 Å². The maximum absolute atomic E-state index is 12.0. The van der Waals surface area contributed by atoms with Gasteiger partial charge in [0.05, 0.1) is 21.3 Å². The predicted molar refractivity (Wildman–Crippen MR) is 77.2 cm³/mol. The third-order valence-corrected chi connectivity index (χ3v) is 3.77. The highest BCUT2D eigenvalue weighted by Gasteiger charge is 2.56. The van der Waals surface area contributed by atoms with Gasteiger partial charge in [-0.15, -0.1) is 0 Å². The predicted octanol–water partition coefficient (Wildman–Crippen LogP) is 1.19. The monoisotopic (exact) mass is 309 g/mol. The van der Waals surface area contributed by atoms with Crippen molar-refractivity contribution in [1.82, 2.24) is 5.32 Å². The van der Waals surface area contributed by atoms with Crippen molar-refractivity contribution in [3.05, 3.63) is 17.7 Å². The van der Waals surface area contributed by atoms with Crippen molar-refractivity contribution in [3.63, 3.8) is 0 Å². The summed E-state index contributed by atoms with van der Waals surface area (Å²) in [5.41, 5.74) is -0.523. The lowest BCUT2D eigenvalue weighted by Crippen LogP contribution is -2.36. The molecule has 1 aliphatic rings. The molecule has 0 aromatic heterocycles. The molecule has 1 saturated carbocycles. The fourth-order valence-electron chi connectivity index (χ4n) is 2.25. The lowest BCUT2D eigenvalue weighted by atomic mass is 10.1. The van der Waals surface area contributed by atoms with Gasteiger partial charge in [0.2, 0.25) is 11.7 Å². The summed E-state index contributed by atoms with van der Waals surface area (Å²) < 4.78 is 15.7. The van der Waals surface area contributed by atoms with E-state index in [0.717, 1.165) is 5.56 Å². The molecule has 0 saturated heterocycles. The molecular weight excluding hydrogens is 290 g/mol. The highest BCUT2D eigenvalue weighted by atomic mass is 16.5. The molecule has 7 heteroatoms. The molecular formula is C15H19NO6. The summed E-state index contributed by atoms with van der Waals surface area (Å²) in [6.07, 6.45) is 0.757. The number of aliphatic carboxylic acids is 1.